The predicted octanol–water partition coefficient (Wildman–Crippen LogP) is 5.19. The second kappa shape index (κ2) is 5.84. The molecule has 0 saturated carbocycles. The number of hydrogen-bond donors (Lipinski definition) is 1. The van der Waals surface area contributed by atoms with E-state index in [0.717, 1.165) is 33.9 Å². The summed E-state index contributed by atoms with van der Waals surface area (Å²) in [5.41, 5.74) is 3.91. The van der Waals surface area contributed by atoms with Crippen LogP contribution in [0.15, 0.2) is 59.0 Å². The quantitative estimate of drug-likeness (QED) is 0.715. The van der Waals surface area contributed by atoms with Gasteiger partial charge in [-0.25, -0.2) is 0 Å². The van der Waals surface area contributed by atoms with Crippen molar-refractivity contribution >= 4 is 23.2 Å². The monoisotopic (exact) mass is 337 g/mol. The summed E-state index contributed by atoms with van der Waals surface area (Å²) in [7, 11) is 0. The highest BCUT2D eigenvalue weighted by Gasteiger charge is 2.32. The van der Waals surface area contributed by atoms with E-state index in [0.29, 0.717) is 11.4 Å². The molecule has 0 radical (unpaired) electrons. The van der Waals surface area contributed by atoms with Gasteiger partial charge in [-0.2, -0.15) is 0 Å². The smallest absolute Gasteiger partial charge is 0.232 e. The maximum atomic E-state index is 12.3. The van der Waals surface area contributed by atoms with E-state index in [-0.39, 0.29) is 11.8 Å². The van der Waals surface area contributed by atoms with Gasteiger partial charge in [0.1, 0.15) is 11.5 Å². The zero-order chi connectivity index (χ0) is 16.7. The molecule has 1 aliphatic rings. The van der Waals surface area contributed by atoms with Crippen LogP contribution < -0.4 is 5.32 Å². The molecule has 1 atom stereocenters. The van der Waals surface area contributed by atoms with Gasteiger partial charge < -0.3 is 9.73 Å². The Morgan fingerprint density at radius 2 is 1.92 bits per heavy atom. The van der Waals surface area contributed by atoms with E-state index in [4.69, 9.17) is 16.0 Å². The summed E-state index contributed by atoms with van der Waals surface area (Å²) in [6.07, 6.45) is 0.534. The fourth-order valence-electron chi connectivity index (χ4n) is 3.20. The van der Waals surface area contributed by atoms with Crippen molar-refractivity contribution in [3.8, 4) is 11.3 Å². The van der Waals surface area contributed by atoms with Crippen LogP contribution in [-0.4, -0.2) is 5.91 Å². The van der Waals surface area contributed by atoms with Crippen LogP contribution in [-0.2, 0) is 11.2 Å². The number of furan rings is 1. The fourth-order valence-corrected chi connectivity index (χ4v) is 3.43. The molecule has 4 heteroatoms. The Labute approximate surface area is 145 Å². The fraction of sp³-hybridized carbons (Fsp3) is 0.150. The highest BCUT2D eigenvalue weighted by atomic mass is 35.5. The molecular formula is C20H16ClNO2. The third-order valence-corrected chi connectivity index (χ3v) is 4.78. The molecule has 0 aliphatic carbocycles. The van der Waals surface area contributed by atoms with E-state index in [9.17, 15) is 4.79 Å². The Hall–Kier alpha value is -2.52. The molecule has 3 nitrogen and oxygen atoms in total. The van der Waals surface area contributed by atoms with Gasteiger partial charge in [-0.1, -0.05) is 41.9 Å². The Bertz CT molecular complexity index is 929. The van der Waals surface area contributed by atoms with Crippen LogP contribution in [0.25, 0.3) is 11.3 Å². The highest BCUT2D eigenvalue weighted by Crippen LogP contribution is 2.38. The minimum atomic E-state index is -0.217. The standard InChI is InChI=1S/C20H16ClNO2/c1-12-5-4-7-14-16(20(23)22-19(12)14)11-13-9-10-18(24-13)15-6-2-3-8-17(15)21/h2-10,16H,11H2,1H3,(H,22,23)/t16-/m1/s1. The molecule has 120 valence electrons. The van der Waals surface area contributed by atoms with Crippen molar-refractivity contribution in [1.29, 1.82) is 0 Å². The number of halogens is 1. The largest absolute Gasteiger partial charge is 0.461 e. The Morgan fingerprint density at radius 3 is 2.75 bits per heavy atom. The number of aryl methyl sites for hydroxylation is 1. The van der Waals surface area contributed by atoms with Crippen LogP contribution in [0.4, 0.5) is 5.69 Å². The first kappa shape index (κ1) is 15.0. The van der Waals surface area contributed by atoms with Crippen LogP contribution >= 0.6 is 11.6 Å². The van der Waals surface area contributed by atoms with Crippen LogP contribution in [0.3, 0.4) is 0 Å². The van der Waals surface area contributed by atoms with Crippen LogP contribution in [0.1, 0.15) is 22.8 Å². The van der Waals surface area contributed by atoms with Gasteiger partial charge in [0, 0.05) is 17.7 Å². The molecule has 1 N–H and O–H groups in total. The molecule has 0 spiro atoms. The number of carbonyl (C=O) groups is 1. The molecule has 3 aromatic rings. The van der Waals surface area contributed by atoms with Crippen molar-refractivity contribution in [3.05, 3.63) is 76.5 Å². The van der Waals surface area contributed by atoms with Crippen LogP contribution in [0.5, 0.6) is 0 Å². The number of anilines is 1. The van der Waals surface area contributed by atoms with E-state index in [1.54, 1.807) is 0 Å². The normalized spacial score (nSPS) is 16.1. The zero-order valence-corrected chi connectivity index (χ0v) is 13.9. The molecule has 0 unspecified atom stereocenters. The topological polar surface area (TPSA) is 42.2 Å². The summed E-state index contributed by atoms with van der Waals surface area (Å²) in [4.78, 5) is 12.3. The average Bonchev–Trinajstić information content (AvgIpc) is 3.15. The van der Waals surface area contributed by atoms with Gasteiger partial charge in [-0.05, 0) is 42.3 Å². The number of benzene rings is 2. The lowest BCUT2D eigenvalue weighted by Crippen LogP contribution is -2.14. The molecule has 0 fully saturated rings. The lowest BCUT2D eigenvalue weighted by atomic mass is 9.95. The third kappa shape index (κ3) is 2.51. The lowest BCUT2D eigenvalue weighted by molar-refractivity contribution is -0.117. The molecule has 0 saturated heterocycles. The van der Waals surface area contributed by atoms with Crippen molar-refractivity contribution in [1.82, 2.24) is 0 Å². The number of nitrogens with one attached hydrogen (secondary N) is 1. The molecule has 1 aromatic heterocycles. The summed E-state index contributed by atoms with van der Waals surface area (Å²) in [5.74, 6) is 1.30. The predicted molar refractivity (Wildman–Crippen MR) is 95.4 cm³/mol. The Morgan fingerprint density at radius 1 is 1.08 bits per heavy atom. The van der Waals surface area contributed by atoms with Crippen molar-refractivity contribution in [3.63, 3.8) is 0 Å². The second-order valence-electron chi connectivity index (χ2n) is 6.03. The number of rotatable bonds is 3. The second-order valence-corrected chi connectivity index (χ2v) is 6.44. The maximum Gasteiger partial charge on any atom is 0.232 e. The van der Waals surface area contributed by atoms with Crippen molar-refractivity contribution in [2.45, 2.75) is 19.3 Å². The van der Waals surface area contributed by atoms with Gasteiger partial charge in [0.2, 0.25) is 5.91 Å². The summed E-state index contributed by atoms with van der Waals surface area (Å²) in [6.45, 7) is 2.00. The first-order chi connectivity index (χ1) is 11.6. The SMILES string of the molecule is Cc1cccc2c1NC(=O)[C@@H]2Cc1ccc(-c2ccccc2Cl)o1. The van der Waals surface area contributed by atoms with Crippen molar-refractivity contribution in [2.75, 3.05) is 5.32 Å². The first-order valence-corrected chi connectivity index (χ1v) is 8.25. The molecule has 0 bridgehead atoms. The van der Waals surface area contributed by atoms with E-state index in [1.165, 1.54) is 0 Å². The first-order valence-electron chi connectivity index (χ1n) is 7.87. The molecule has 24 heavy (non-hydrogen) atoms. The number of fused-ring (bicyclic) bond motifs is 1. The molecule has 2 aromatic carbocycles. The summed E-state index contributed by atoms with van der Waals surface area (Å²) in [5, 5.41) is 3.63. The van der Waals surface area contributed by atoms with E-state index < -0.39 is 0 Å². The minimum Gasteiger partial charge on any atom is -0.461 e. The average molecular weight is 338 g/mol. The van der Waals surface area contributed by atoms with E-state index >= 15 is 0 Å². The van der Waals surface area contributed by atoms with Crippen molar-refractivity contribution < 1.29 is 9.21 Å². The third-order valence-electron chi connectivity index (χ3n) is 4.45. The van der Waals surface area contributed by atoms with Gasteiger partial charge >= 0.3 is 0 Å². The number of carbonyl (C=O) groups excluding carboxylic acids is 1. The molecule has 1 amide bonds. The van der Waals surface area contributed by atoms with Gasteiger partial charge in [0.25, 0.3) is 0 Å². The van der Waals surface area contributed by atoms with Crippen LogP contribution in [0, 0.1) is 6.92 Å². The van der Waals surface area contributed by atoms with Gasteiger partial charge in [-0.3, -0.25) is 4.79 Å². The number of para-hydroxylation sites is 1. The van der Waals surface area contributed by atoms with Gasteiger partial charge in [0.05, 0.1) is 10.9 Å². The number of amides is 1. The highest BCUT2D eigenvalue weighted by molar-refractivity contribution is 6.33. The molecular weight excluding hydrogens is 322 g/mol. The summed E-state index contributed by atoms with van der Waals surface area (Å²) < 4.78 is 5.94. The lowest BCUT2D eigenvalue weighted by Gasteiger charge is -2.07. The number of hydrogen-bond acceptors (Lipinski definition) is 2. The summed E-state index contributed by atoms with van der Waals surface area (Å²) in [6, 6.07) is 17.4. The Kier molecular flexibility index (Phi) is 3.66. The minimum absolute atomic E-state index is 0.0231. The molecule has 1 aliphatic heterocycles. The molecule has 2 heterocycles. The zero-order valence-electron chi connectivity index (χ0n) is 13.2. The Balaban J connectivity index is 1.63. The van der Waals surface area contributed by atoms with Crippen LogP contribution in [0.2, 0.25) is 5.02 Å². The maximum absolute atomic E-state index is 12.3. The van der Waals surface area contributed by atoms with E-state index in [2.05, 4.69) is 5.32 Å². The summed E-state index contributed by atoms with van der Waals surface area (Å²) >= 11 is 6.22. The van der Waals surface area contributed by atoms with Gasteiger partial charge in [-0.15, -0.1) is 0 Å². The van der Waals surface area contributed by atoms with Crippen molar-refractivity contribution in [2.24, 2.45) is 0 Å². The molecule has 4 rings (SSSR count). The van der Waals surface area contributed by atoms with E-state index in [1.807, 2.05) is 61.5 Å². The van der Waals surface area contributed by atoms with Gasteiger partial charge in [0.15, 0.2) is 0 Å².